The van der Waals surface area contributed by atoms with Gasteiger partial charge in [0.15, 0.2) is 5.78 Å². The van der Waals surface area contributed by atoms with Crippen molar-refractivity contribution in [3.63, 3.8) is 0 Å². The Morgan fingerprint density at radius 3 is 1.85 bits per heavy atom. The number of rotatable bonds is 4. The third kappa shape index (κ3) is 11.9. The molecule has 0 radical (unpaired) electrons. The molecule has 0 spiro atoms. The highest BCUT2D eigenvalue weighted by atomic mass is 16.6. The van der Waals surface area contributed by atoms with E-state index in [4.69, 9.17) is 4.74 Å². The topological polar surface area (TPSA) is 67.8 Å². The van der Waals surface area contributed by atoms with Gasteiger partial charge in [0.1, 0.15) is 17.5 Å². The molecule has 1 unspecified atom stereocenters. The van der Waals surface area contributed by atoms with Crippen molar-refractivity contribution in [1.82, 2.24) is 5.32 Å². The molecular weight excluding hydrogens is 340 g/mol. The number of amides is 1. The van der Waals surface area contributed by atoms with Crippen molar-refractivity contribution in [3.8, 4) is 0 Å². The molecule has 5 heteroatoms. The van der Waals surface area contributed by atoms with E-state index < -0.39 is 17.7 Å². The van der Waals surface area contributed by atoms with Gasteiger partial charge in [-0.1, -0.05) is 65.0 Å². The normalized spacial score (nSPS) is 12.9. The van der Waals surface area contributed by atoms with Crippen molar-refractivity contribution in [1.29, 1.82) is 0 Å². The molecular formula is C22H36N2O3. The number of nitrogens with zero attached hydrogens (tertiary/aromatic N) is 1. The Labute approximate surface area is 164 Å². The zero-order chi connectivity index (χ0) is 21.2. The van der Waals surface area contributed by atoms with Crippen LogP contribution in [-0.4, -0.2) is 23.3 Å². The monoisotopic (exact) mass is 376 g/mol. The Morgan fingerprint density at radius 1 is 1.00 bits per heavy atom. The van der Waals surface area contributed by atoms with Crippen LogP contribution in [0.25, 0.3) is 0 Å². The molecule has 0 saturated heterocycles. The fraction of sp³-hybridized carbons (Fsp3) is 0.591. The molecule has 0 aliphatic heterocycles. The van der Waals surface area contributed by atoms with Crippen LogP contribution in [0.4, 0.5) is 4.79 Å². The first-order chi connectivity index (χ1) is 12.3. The maximum Gasteiger partial charge on any atom is 0.413 e. The van der Waals surface area contributed by atoms with E-state index in [0.29, 0.717) is 5.84 Å². The van der Waals surface area contributed by atoms with Crippen molar-refractivity contribution in [2.75, 3.05) is 0 Å². The summed E-state index contributed by atoms with van der Waals surface area (Å²) >= 11 is 0. The van der Waals surface area contributed by atoms with Crippen LogP contribution in [0, 0.1) is 11.8 Å². The van der Waals surface area contributed by atoms with Gasteiger partial charge in [0.05, 0.1) is 0 Å². The Morgan fingerprint density at radius 2 is 1.48 bits per heavy atom. The maximum absolute atomic E-state index is 12.0. The Balaban J connectivity index is 0.00000153. The minimum atomic E-state index is -0.636. The van der Waals surface area contributed by atoms with Gasteiger partial charge in [-0.15, -0.1) is 0 Å². The summed E-state index contributed by atoms with van der Waals surface area (Å²) in [5.41, 5.74) is 0.204. The van der Waals surface area contributed by atoms with Crippen LogP contribution in [0.3, 0.4) is 0 Å². The molecule has 0 bridgehead atoms. The van der Waals surface area contributed by atoms with Gasteiger partial charge >= 0.3 is 6.09 Å². The average Bonchev–Trinajstić information content (AvgIpc) is 2.49. The maximum atomic E-state index is 12.0. The van der Waals surface area contributed by atoms with E-state index in [-0.39, 0.29) is 11.7 Å². The quantitative estimate of drug-likeness (QED) is 0.552. The number of carbonyl (C=O) groups is 2. The lowest BCUT2D eigenvalue weighted by atomic mass is 10.0. The standard InChI is InChI=1S/C18H26N2O3.C4H10/c1-12(2)16(20-17(22)23-18(4,5)6)19-15(13(3)21)14-10-8-7-9-11-14;1-4(2)3/h7-12,15H,1-6H3,(H,19,20,22);4H,1-3H3. The molecule has 1 amide bonds. The molecule has 1 atom stereocenters. The van der Waals surface area contributed by atoms with E-state index in [1.54, 1.807) is 20.8 Å². The summed E-state index contributed by atoms with van der Waals surface area (Å²) in [5.74, 6) is 1.14. The number of aliphatic imine (C=N–C) groups is 1. The zero-order valence-electron chi connectivity index (χ0n) is 18.3. The molecule has 0 saturated carbocycles. The highest BCUT2D eigenvalue weighted by molar-refractivity contribution is 5.98. The first-order valence-electron chi connectivity index (χ1n) is 9.46. The number of nitrogens with one attached hydrogen (secondary N) is 1. The molecule has 1 N–H and O–H groups in total. The second-order valence-electron chi connectivity index (χ2n) is 8.45. The van der Waals surface area contributed by atoms with Crippen LogP contribution in [-0.2, 0) is 9.53 Å². The molecule has 5 nitrogen and oxygen atoms in total. The number of ether oxygens (including phenoxy) is 1. The first kappa shape index (κ1) is 24.8. The van der Waals surface area contributed by atoms with Crippen molar-refractivity contribution < 1.29 is 14.3 Å². The highest BCUT2D eigenvalue weighted by Crippen LogP contribution is 2.19. The third-order valence-corrected chi connectivity index (χ3v) is 2.94. The fourth-order valence-electron chi connectivity index (χ4n) is 1.91. The average molecular weight is 377 g/mol. The summed E-state index contributed by atoms with van der Waals surface area (Å²) in [5, 5.41) is 2.66. The molecule has 1 aromatic rings. The number of carbonyl (C=O) groups excluding carboxylic acids is 2. The molecule has 0 fully saturated rings. The van der Waals surface area contributed by atoms with Gasteiger partial charge < -0.3 is 4.74 Å². The van der Waals surface area contributed by atoms with Gasteiger partial charge in [-0.3, -0.25) is 15.1 Å². The predicted molar refractivity (Wildman–Crippen MR) is 112 cm³/mol. The second kappa shape index (κ2) is 11.5. The smallest absolute Gasteiger partial charge is 0.413 e. The van der Waals surface area contributed by atoms with E-state index in [1.165, 1.54) is 6.92 Å². The van der Waals surface area contributed by atoms with Crippen LogP contribution in [0.2, 0.25) is 0 Å². The third-order valence-electron chi connectivity index (χ3n) is 2.94. The molecule has 1 rings (SSSR count). The van der Waals surface area contributed by atoms with Crippen LogP contribution >= 0.6 is 0 Å². The summed E-state index contributed by atoms with van der Waals surface area (Å²) in [6, 6.07) is 8.66. The van der Waals surface area contributed by atoms with Crippen molar-refractivity contribution in [2.24, 2.45) is 16.8 Å². The molecule has 0 aromatic heterocycles. The van der Waals surface area contributed by atoms with E-state index >= 15 is 0 Å². The van der Waals surface area contributed by atoms with Crippen LogP contribution in [0.1, 0.15) is 73.9 Å². The number of amidine groups is 1. The predicted octanol–water partition coefficient (Wildman–Crippen LogP) is 5.56. The lowest BCUT2D eigenvalue weighted by molar-refractivity contribution is -0.118. The van der Waals surface area contributed by atoms with Crippen LogP contribution in [0.5, 0.6) is 0 Å². The summed E-state index contributed by atoms with van der Waals surface area (Å²) in [6.45, 7) is 17.2. The molecule has 27 heavy (non-hydrogen) atoms. The number of ketones is 1. The number of Topliss-reactive ketones (excluding diaryl/α,β-unsaturated/α-hetero) is 1. The van der Waals surface area contributed by atoms with E-state index in [0.717, 1.165) is 11.5 Å². The Kier molecular flexibility index (Phi) is 10.6. The number of hydrogen-bond acceptors (Lipinski definition) is 4. The van der Waals surface area contributed by atoms with Crippen molar-refractivity contribution in [2.45, 2.75) is 74.0 Å². The van der Waals surface area contributed by atoms with Crippen LogP contribution in [0.15, 0.2) is 35.3 Å². The first-order valence-corrected chi connectivity index (χ1v) is 9.46. The summed E-state index contributed by atoms with van der Waals surface area (Å²) in [7, 11) is 0. The second-order valence-corrected chi connectivity index (χ2v) is 8.45. The SMILES string of the molecule is CC(=O)C(N=C(NC(=O)OC(C)(C)C)C(C)C)c1ccccc1.CC(C)C. The van der Waals surface area contributed by atoms with Gasteiger partial charge in [0.2, 0.25) is 0 Å². The van der Waals surface area contributed by atoms with E-state index in [9.17, 15) is 9.59 Å². The fourth-order valence-corrected chi connectivity index (χ4v) is 1.91. The Bertz CT molecular complexity index is 611. The van der Waals surface area contributed by atoms with Gasteiger partial charge in [0, 0.05) is 5.92 Å². The summed E-state index contributed by atoms with van der Waals surface area (Å²) < 4.78 is 5.25. The van der Waals surface area contributed by atoms with Gasteiger partial charge in [-0.25, -0.2) is 4.79 Å². The summed E-state index contributed by atoms with van der Waals surface area (Å²) in [4.78, 5) is 28.4. The Hall–Kier alpha value is -2.17. The van der Waals surface area contributed by atoms with Crippen molar-refractivity contribution in [3.05, 3.63) is 35.9 Å². The minimum Gasteiger partial charge on any atom is -0.444 e. The van der Waals surface area contributed by atoms with E-state index in [1.807, 2.05) is 44.2 Å². The largest absolute Gasteiger partial charge is 0.444 e. The van der Waals surface area contributed by atoms with Crippen LogP contribution < -0.4 is 5.32 Å². The van der Waals surface area contributed by atoms with Gasteiger partial charge in [-0.05, 0) is 39.2 Å². The molecule has 0 aliphatic carbocycles. The molecule has 0 aliphatic rings. The number of hydrogen-bond donors (Lipinski definition) is 1. The number of alkyl carbamates (subject to hydrolysis) is 1. The van der Waals surface area contributed by atoms with Gasteiger partial charge in [-0.2, -0.15) is 0 Å². The molecule has 0 heterocycles. The molecule has 152 valence electrons. The van der Waals surface area contributed by atoms with E-state index in [2.05, 4.69) is 31.1 Å². The number of benzene rings is 1. The lowest BCUT2D eigenvalue weighted by Crippen LogP contribution is -2.39. The summed E-state index contributed by atoms with van der Waals surface area (Å²) in [6.07, 6.45) is -0.569. The minimum absolute atomic E-state index is 0.0481. The highest BCUT2D eigenvalue weighted by Gasteiger charge is 2.21. The van der Waals surface area contributed by atoms with Crippen molar-refractivity contribution >= 4 is 17.7 Å². The lowest BCUT2D eigenvalue weighted by Gasteiger charge is -2.22. The zero-order valence-corrected chi connectivity index (χ0v) is 18.3. The van der Waals surface area contributed by atoms with Gasteiger partial charge in [0.25, 0.3) is 0 Å². The molecule has 1 aromatic carbocycles.